The van der Waals surface area contributed by atoms with Gasteiger partial charge in [-0.15, -0.1) is 0 Å². The monoisotopic (exact) mass is 271 g/mol. The second-order valence-corrected chi connectivity index (χ2v) is 4.49. The van der Waals surface area contributed by atoms with Crippen LogP contribution in [0.3, 0.4) is 0 Å². The molecule has 1 saturated heterocycles. The van der Waals surface area contributed by atoms with Crippen molar-refractivity contribution in [3.63, 3.8) is 0 Å². The van der Waals surface area contributed by atoms with Crippen LogP contribution in [0.15, 0.2) is 12.1 Å². The number of hydrogen-bond acceptors (Lipinski definition) is 3. The van der Waals surface area contributed by atoms with Crippen LogP contribution in [0.4, 0.5) is 14.5 Å². The van der Waals surface area contributed by atoms with Gasteiger partial charge in [0, 0.05) is 13.2 Å². The number of halogens is 2. The zero-order chi connectivity index (χ0) is 13.8. The van der Waals surface area contributed by atoms with Crippen molar-refractivity contribution in [2.24, 2.45) is 0 Å². The van der Waals surface area contributed by atoms with Crippen molar-refractivity contribution in [2.45, 2.75) is 25.4 Å². The highest BCUT2D eigenvalue weighted by Gasteiger charge is 2.17. The molecule has 104 valence electrons. The molecule has 1 aliphatic heterocycles. The van der Waals surface area contributed by atoms with Crippen LogP contribution in [0, 0.1) is 11.6 Å². The van der Waals surface area contributed by atoms with Crippen molar-refractivity contribution in [3.8, 4) is 0 Å². The van der Waals surface area contributed by atoms with Crippen molar-refractivity contribution in [3.05, 3.63) is 29.3 Å². The molecule has 2 rings (SSSR count). The largest absolute Gasteiger partial charge is 0.478 e. The molecule has 0 aromatic heterocycles. The summed E-state index contributed by atoms with van der Waals surface area (Å²) in [6.45, 7) is 0.968. The van der Waals surface area contributed by atoms with E-state index in [2.05, 4.69) is 5.32 Å². The first-order valence-electron chi connectivity index (χ1n) is 6.15. The molecule has 1 heterocycles. The summed E-state index contributed by atoms with van der Waals surface area (Å²) in [5.41, 5.74) is -0.714. The maximum atomic E-state index is 13.6. The van der Waals surface area contributed by atoms with Crippen LogP contribution >= 0.6 is 0 Å². The Morgan fingerprint density at radius 3 is 2.58 bits per heavy atom. The number of aromatic carboxylic acids is 1. The number of hydrogen-bond donors (Lipinski definition) is 2. The summed E-state index contributed by atoms with van der Waals surface area (Å²) in [4.78, 5) is 10.6. The molecule has 0 radical (unpaired) electrons. The minimum atomic E-state index is -1.36. The molecule has 1 atom stereocenters. The van der Waals surface area contributed by atoms with E-state index in [1.54, 1.807) is 0 Å². The zero-order valence-corrected chi connectivity index (χ0v) is 10.3. The van der Waals surface area contributed by atoms with Gasteiger partial charge in [0.1, 0.15) is 17.3 Å². The van der Waals surface area contributed by atoms with Gasteiger partial charge in [-0.1, -0.05) is 0 Å². The summed E-state index contributed by atoms with van der Waals surface area (Å²) in [6.07, 6.45) is 2.83. The molecule has 1 aromatic rings. The van der Waals surface area contributed by atoms with Crippen molar-refractivity contribution >= 4 is 11.7 Å². The van der Waals surface area contributed by atoms with Crippen LogP contribution in [-0.2, 0) is 4.74 Å². The van der Waals surface area contributed by atoms with Gasteiger partial charge in [-0.25, -0.2) is 13.6 Å². The molecule has 0 bridgehead atoms. The fourth-order valence-electron chi connectivity index (χ4n) is 2.05. The van der Waals surface area contributed by atoms with Crippen LogP contribution in [0.1, 0.15) is 29.6 Å². The SMILES string of the molecule is O=C(O)c1cc(F)c(NCC2CCCCO2)c(F)c1. The molecule has 6 heteroatoms. The topological polar surface area (TPSA) is 58.6 Å². The van der Waals surface area contributed by atoms with E-state index >= 15 is 0 Å². The molecule has 1 unspecified atom stereocenters. The Hall–Kier alpha value is -1.69. The molecule has 1 aliphatic rings. The molecular weight excluding hydrogens is 256 g/mol. The molecule has 0 amide bonds. The summed E-state index contributed by atoms with van der Waals surface area (Å²) in [7, 11) is 0. The third kappa shape index (κ3) is 3.41. The second kappa shape index (κ2) is 5.97. The van der Waals surface area contributed by atoms with Gasteiger partial charge in [-0.05, 0) is 31.4 Å². The van der Waals surface area contributed by atoms with Gasteiger partial charge < -0.3 is 15.2 Å². The molecule has 4 nitrogen and oxygen atoms in total. The van der Waals surface area contributed by atoms with Crippen molar-refractivity contribution in [1.82, 2.24) is 0 Å². The van der Waals surface area contributed by atoms with E-state index in [-0.39, 0.29) is 11.8 Å². The zero-order valence-electron chi connectivity index (χ0n) is 10.3. The molecule has 2 N–H and O–H groups in total. The highest BCUT2D eigenvalue weighted by molar-refractivity contribution is 5.88. The Kier molecular flexibility index (Phi) is 4.31. The minimum absolute atomic E-state index is 0.0632. The van der Waals surface area contributed by atoms with Crippen LogP contribution in [0.2, 0.25) is 0 Å². The van der Waals surface area contributed by atoms with Crippen molar-refractivity contribution in [1.29, 1.82) is 0 Å². The third-order valence-electron chi connectivity index (χ3n) is 3.07. The van der Waals surface area contributed by atoms with E-state index < -0.39 is 23.2 Å². The number of carbonyl (C=O) groups is 1. The lowest BCUT2D eigenvalue weighted by Gasteiger charge is -2.23. The Balaban J connectivity index is 2.05. The molecular formula is C13H15F2NO3. The molecule has 0 spiro atoms. The first-order valence-corrected chi connectivity index (χ1v) is 6.15. The molecule has 19 heavy (non-hydrogen) atoms. The molecule has 0 aliphatic carbocycles. The van der Waals surface area contributed by atoms with Crippen LogP contribution < -0.4 is 5.32 Å². The average Bonchev–Trinajstić information content (AvgIpc) is 2.38. The van der Waals surface area contributed by atoms with Crippen LogP contribution in [0.25, 0.3) is 0 Å². The summed E-state index contributed by atoms with van der Waals surface area (Å²) in [5, 5.41) is 11.3. The van der Waals surface area contributed by atoms with Gasteiger partial charge >= 0.3 is 5.97 Å². The van der Waals surface area contributed by atoms with E-state index in [0.29, 0.717) is 13.2 Å². The van der Waals surface area contributed by atoms with E-state index in [1.807, 2.05) is 0 Å². The summed E-state index contributed by atoms with van der Waals surface area (Å²) >= 11 is 0. The Labute approximate surface area is 109 Å². The maximum Gasteiger partial charge on any atom is 0.335 e. The van der Waals surface area contributed by atoms with Gasteiger partial charge in [0.25, 0.3) is 0 Å². The molecule has 1 fully saturated rings. The van der Waals surface area contributed by atoms with Gasteiger partial charge in [0.15, 0.2) is 0 Å². The Morgan fingerprint density at radius 1 is 1.37 bits per heavy atom. The number of carboxylic acid groups (broad SMARTS) is 1. The van der Waals surface area contributed by atoms with Gasteiger partial charge in [-0.3, -0.25) is 0 Å². The highest BCUT2D eigenvalue weighted by atomic mass is 19.1. The van der Waals surface area contributed by atoms with E-state index in [9.17, 15) is 13.6 Å². The number of nitrogens with one attached hydrogen (secondary N) is 1. The van der Waals surface area contributed by atoms with E-state index in [1.165, 1.54) is 0 Å². The maximum absolute atomic E-state index is 13.6. The van der Waals surface area contributed by atoms with Gasteiger partial charge in [-0.2, -0.15) is 0 Å². The number of ether oxygens (including phenoxy) is 1. The van der Waals surface area contributed by atoms with E-state index in [0.717, 1.165) is 31.4 Å². The van der Waals surface area contributed by atoms with Crippen molar-refractivity contribution < 1.29 is 23.4 Å². The van der Waals surface area contributed by atoms with Gasteiger partial charge in [0.2, 0.25) is 0 Å². The fraction of sp³-hybridized carbons (Fsp3) is 0.462. The second-order valence-electron chi connectivity index (χ2n) is 4.49. The normalized spacial score (nSPS) is 19.2. The fourth-order valence-corrected chi connectivity index (χ4v) is 2.05. The Morgan fingerprint density at radius 2 is 2.05 bits per heavy atom. The summed E-state index contributed by atoms with van der Waals surface area (Å²) in [6, 6.07) is 1.60. The van der Waals surface area contributed by atoms with Crippen LogP contribution in [-0.4, -0.2) is 30.3 Å². The Bertz CT molecular complexity index is 450. The number of rotatable bonds is 4. The predicted molar refractivity (Wildman–Crippen MR) is 65.4 cm³/mol. The summed E-state index contributed by atoms with van der Waals surface area (Å²) in [5.74, 6) is -3.18. The third-order valence-corrected chi connectivity index (χ3v) is 3.07. The number of benzene rings is 1. The standard InChI is InChI=1S/C13H15F2NO3/c14-10-5-8(13(17)18)6-11(15)12(10)16-7-9-3-1-2-4-19-9/h5-6,9,16H,1-4,7H2,(H,17,18). The lowest BCUT2D eigenvalue weighted by atomic mass is 10.1. The average molecular weight is 271 g/mol. The minimum Gasteiger partial charge on any atom is -0.478 e. The lowest BCUT2D eigenvalue weighted by molar-refractivity contribution is 0.0247. The van der Waals surface area contributed by atoms with Crippen LogP contribution in [0.5, 0.6) is 0 Å². The van der Waals surface area contributed by atoms with Gasteiger partial charge in [0.05, 0.1) is 11.7 Å². The van der Waals surface area contributed by atoms with Crippen molar-refractivity contribution in [2.75, 3.05) is 18.5 Å². The lowest BCUT2D eigenvalue weighted by Crippen LogP contribution is -2.27. The quantitative estimate of drug-likeness (QED) is 0.884. The summed E-state index contributed by atoms with van der Waals surface area (Å²) < 4.78 is 32.7. The highest BCUT2D eigenvalue weighted by Crippen LogP contribution is 2.22. The first-order chi connectivity index (χ1) is 9.08. The smallest absolute Gasteiger partial charge is 0.335 e. The number of carboxylic acids is 1. The van der Waals surface area contributed by atoms with E-state index in [4.69, 9.17) is 9.84 Å². The number of anilines is 1. The molecule has 0 saturated carbocycles. The molecule has 1 aromatic carbocycles. The predicted octanol–water partition coefficient (Wildman–Crippen LogP) is 2.64. The first kappa shape index (κ1) is 13.7.